The van der Waals surface area contributed by atoms with Gasteiger partial charge in [0.2, 0.25) is 5.89 Å². The molecule has 0 radical (unpaired) electrons. The van der Waals surface area contributed by atoms with E-state index in [2.05, 4.69) is 30.9 Å². The molecule has 0 N–H and O–H groups in total. The summed E-state index contributed by atoms with van der Waals surface area (Å²) in [5.41, 5.74) is 0. The van der Waals surface area contributed by atoms with Crippen LogP contribution in [-0.2, 0) is 0 Å². The summed E-state index contributed by atoms with van der Waals surface area (Å²) in [6, 6.07) is 0. The highest BCUT2D eigenvalue weighted by Crippen LogP contribution is 2.53. The maximum absolute atomic E-state index is 5.10. The van der Waals surface area contributed by atoms with E-state index in [1.165, 1.54) is 0 Å². The summed E-state index contributed by atoms with van der Waals surface area (Å²) in [5, 5.41) is 5.10. The highest BCUT2D eigenvalue weighted by molar-refractivity contribution is 8.07. The van der Waals surface area contributed by atoms with E-state index in [1.54, 1.807) is 0 Å². The second-order valence-electron chi connectivity index (χ2n) is 3.41. The minimum atomic E-state index is 0.338. The van der Waals surface area contributed by atoms with E-state index in [-0.39, 0.29) is 0 Å². The van der Waals surface area contributed by atoms with Crippen molar-refractivity contribution in [2.75, 3.05) is 0 Å². The summed E-state index contributed by atoms with van der Waals surface area (Å²) in [4.78, 5) is 4.32. The van der Waals surface area contributed by atoms with Crippen molar-refractivity contribution >= 4 is 11.8 Å². The van der Waals surface area contributed by atoms with Gasteiger partial charge in [-0.2, -0.15) is 4.98 Å². The molecule has 1 aliphatic heterocycles. The fourth-order valence-electron chi connectivity index (χ4n) is 1.05. The molecule has 0 aliphatic carbocycles. The molecular weight excluding hydrogens is 172 g/mol. The molecule has 0 amide bonds. The van der Waals surface area contributed by atoms with Crippen LogP contribution in [0.3, 0.4) is 0 Å². The monoisotopic (exact) mass is 184 g/mol. The van der Waals surface area contributed by atoms with Crippen LogP contribution in [0.5, 0.6) is 0 Å². The Labute approximate surface area is 75.9 Å². The summed E-state index contributed by atoms with van der Waals surface area (Å²) >= 11 is 1.88. The first-order valence-corrected chi connectivity index (χ1v) is 5.11. The molecule has 1 aliphatic rings. The zero-order chi connectivity index (χ0) is 8.72. The number of rotatable bonds is 2. The average Bonchev–Trinajstić information content (AvgIpc) is 2.59. The molecule has 2 atom stereocenters. The van der Waals surface area contributed by atoms with Gasteiger partial charge in [0.25, 0.3) is 0 Å². The largest absolute Gasteiger partial charge is 0.339 e. The Morgan fingerprint density at radius 3 is 2.58 bits per heavy atom. The molecule has 4 heteroatoms. The normalized spacial score (nSPS) is 28.0. The first-order chi connectivity index (χ1) is 5.68. The fraction of sp³-hybridized carbons (Fsp3) is 0.750. The Balaban J connectivity index is 2.14. The summed E-state index contributed by atoms with van der Waals surface area (Å²) in [6.07, 6.45) is 0. The van der Waals surface area contributed by atoms with Crippen molar-refractivity contribution in [3.8, 4) is 0 Å². The molecule has 0 aromatic carbocycles. The molecule has 2 rings (SSSR count). The van der Waals surface area contributed by atoms with Gasteiger partial charge in [0, 0.05) is 11.2 Å². The third-order valence-electron chi connectivity index (χ3n) is 1.92. The molecule has 3 nitrogen and oxygen atoms in total. The van der Waals surface area contributed by atoms with Gasteiger partial charge in [-0.1, -0.05) is 25.9 Å². The van der Waals surface area contributed by atoms with Gasteiger partial charge < -0.3 is 4.52 Å². The highest BCUT2D eigenvalue weighted by Gasteiger charge is 2.39. The van der Waals surface area contributed by atoms with Gasteiger partial charge in [0.05, 0.1) is 5.25 Å². The van der Waals surface area contributed by atoms with Crippen LogP contribution in [0.2, 0.25) is 0 Å². The van der Waals surface area contributed by atoms with Crippen LogP contribution in [0.15, 0.2) is 4.52 Å². The lowest BCUT2D eigenvalue weighted by molar-refractivity contribution is 0.361. The van der Waals surface area contributed by atoms with Crippen LogP contribution >= 0.6 is 11.8 Å². The molecule has 1 saturated heterocycles. The minimum absolute atomic E-state index is 0.338. The number of hydrogen-bond donors (Lipinski definition) is 0. The standard InChI is InChI=1S/C8H12N2OS/c1-4(2)8-9-7(10-11-8)6-5(3)12-6/h4-6H,1-3H3. The van der Waals surface area contributed by atoms with Crippen LogP contribution in [0.25, 0.3) is 0 Å². The molecule has 12 heavy (non-hydrogen) atoms. The van der Waals surface area contributed by atoms with Crippen LogP contribution in [0.1, 0.15) is 43.7 Å². The van der Waals surface area contributed by atoms with E-state index in [0.29, 0.717) is 16.4 Å². The van der Waals surface area contributed by atoms with Crippen LogP contribution in [-0.4, -0.2) is 15.4 Å². The van der Waals surface area contributed by atoms with E-state index in [1.807, 2.05) is 11.8 Å². The number of nitrogens with zero attached hydrogens (tertiary/aromatic N) is 2. The smallest absolute Gasteiger partial charge is 0.229 e. The maximum atomic E-state index is 5.10. The third-order valence-corrected chi connectivity index (χ3v) is 3.22. The summed E-state index contributed by atoms with van der Waals surface area (Å²) in [7, 11) is 0. The number of hydrogen-bond acceptors (Lipinski definition) is 4. The first kappa shape index (κ1) is 8.10. The Hall–Kier alpha value is -0.510. The molecule has 0 spiro atoms. The van der Waals surface area contributed by atoms with E-state index < -0.39 is 0 Å². The Morgan fingerprint density at radius 1 is 1.50 bits per heavy atom. The molecule has 66 valence electrons. The second kappa shape index (κ2) is 2.76. The predicted octanol–water partition coefficient (Wildman–Crippen LogP) is 2.37. The summed E-state index contributed by atoms with van der Waals surface area (Å²) in [6.45, 7) is 6.29. The van der Waals surface area contributed by atoms with Gasteiger partial charge in [-0.05, 0) is 0 Å². The van der Waals surface area contributed by atoms with Crippen molar-refractivity contribution in [1.29, 1.82) is 0 Å². The van der Waals surface area contributed by atoms with Gasteiger partial charge in [0.1, 0.15) is 0 Å². The zero-order valence-corrected chi connectivity index (χ0v) is 8.26. The van der Waals surface area contributed by atoms with Crippen molar-refractivity contribution in [2.24, 2.45) is 0 Å². The van der Waals surface area contributed by atoms with Gasteiger partial charge in [-0.3, -0.25) is 0 Å². The molecule has 1 aromatic heterocycles. The molecular formula is C8H12N2OS. The molecule has 2 unspecified atom stereocenters. The molecule has 2 heterocycles. The first-order valence-electron chi connectivity index (χ1n) is 4.17. The Kier molecular flexibility index (Phi) is 1.87. The van der Waals surface area contributed by atoms with E-state index in [0.717, 1.165) is 11.7 Å². The average molecular weight is 184 g/mol. The fourth-order valence-corrected chi connectivity index (χ4v) is 1.76. The van der Waals surface area contributed by atoms with Gasteiger partial charge in [-0.15, -0.1) is 11.8 Å². The van der Waals surface area contributed by atoms with Crippen LogP contribution < -0.4 is 0 Å². The lowest BCUT2D eigenvalue weighted by atomic mass is 10.2. The highest BCUT2D eigenvalue weighted by atomic mass is 32.2. The minimum Gasteiger partial charge on any atom is -0.339 e. The van der Waals surface area contributed by atoms with Gasteiger partial charge >= 0.3 is 0 Å². The Bertz CT molecular complexity index is 284. The lowest BCUT2D eigenvalue weighted by Gasteiger charge is -1.91. The van der Waals surface area contributed by atoms with Crippen LogP contribution in [0.4, 0.5) is 0 Å². The second-order valence-corrected chi connectivity index (χ2v) is 4.93. The summed E-state index contributed by atoms with van der Waals surface area (Å²) < 4.78 is 5.10. The van der Waals surface area contributed by atoms with Crippen molar-refractivity contribution in [3.63, 3.8) is 0 Å². The van der Waals surface area contributed by atoms with Crippen molar-refractivity contribution in [1.82, 2.24) is 10.1 Å². The van der Waals surface area contributed by atoms with Crippen molar-refractivity contribution < 1.29 is 4.52 Å². The van der Waals surface area contributed by atoms with E-state index >= 15 is 0 Å². The number of thioether (sulfide) groups is 1. The third kappa shape index (κ3) is 1.35. The number of aromatic nitrogens is 2. The summed E-state index contributed by atoms with van der Waals surface area (Å²) in [5.74, 6) is 1.96. The van der Waals surface area contributed by atoms with Crippen LogP contribution in [0, 0.1) is 0 Å². The predicted molar refractivity (Wildman–Crippen MR) is 48.2 cm³/mol. The van der Waals surface area contributed by atoms with Crippen molar-refractivity contribution in [3.05, 3.63) is 11.7 Å². The topological polar surface area (TPSA) is 38.9 Å². The molecule has 0 bridgehead atoms. The lowest BCUT2D eigenvalue weighted by Crippen LogP contribution is -1.89. The maximum Gasteiger partial charge on any atom is 0.229 e. The SMILES string of the molecule is CC(C)c1nc(C2SC2C)no1. The quantitative estimate of drug-likeness (QED) is 0.661. The Morgan fingerprint density at radius 2 is 2.17 bits per heavy atom. The molecule has 1 fully saturated rings. The van der Waals surface area contributed by atoms with E-state index in [9.17, 15) is 0 Å². The zero-order valence-electron chi connectivity index (χ0n) is 7.44. The van der Waals surface area contributed by atoms with Crippen molar-refractivity contribution in [2.45, 2.75) is 37.2 Å². The van der Waals surface area contributed by atoms with Gasteiger partial charge in [0.15, 0.2) is 5.82 Å². The molecule has 0 saturated carbocycles. The molecule has 1 aromatic rings. The van der Waals surface area contributed by atoms with E-state index in [4.69, 9.17) is 4.52 Å². The van der Waals surface area contributed by atoms with Gasteiger partial charge in [-0.25, -0.2) is 0 Å².